The van der Waals surface area contributed by atoms with Crippen molar-refractivity contribution in [2.45, 2.75) is 13.3 Å². The predicted molar refractivity (Wildman–Crippen MR) is 80.5 cm³/mol. The Bertz CT molecular complexity index is 737. The number of nitrogens with zero attached hydrogens (tertiary/aromatic N) is 4. The third-order valence-corrected chi connectivity index (χ3v) is 3.21. The van der Waals surface area contributed by atoms with Gasteiger partial charge in [-0.25, -0.2) is 9.97 Å². The van der Waals surface area contributed by atoms with Crippen LogP contribution in [0.4, 0.5) is 5.95 Å². The fourth-order valence-electron chi connectivity index (χ4n) is 1.98. The Morgan fingerprint density at radius 2 is 2.10 bits per heavy atom. The molecule has 0 saturated carbocycles. The number of hydrogen-bond donors (Lipinski definition) is 1. The fraction of sp³-hybridized carbons (Fsp3) is 0.214. The second kappa shape index (κ2) is 5.46. The molecule has 0 saturated heterocycles. The van der Waals surface area contributed by atoms with Crippen LogP contribution >= 0.6 is 11.6 Å². The standard InChI is InChI=1S/C14H14ClN5/c1-2-7-16-14-17-8-10(15)13(19-14)20-9-18-11-5-3-4-6-12(11)20/h3-6,8-9H,2,7H2,1H3,(H,16,17,19). The lowest BCUT2D eigenvalue weighted by Gasteiger charge is -2.08. The van der Waals surface area contributed by atoms with Gasteiger partial charge in [-0.1, -0.05) is 30.7 Å². The number of benzene rings is 1. The number of anilines is 1. The molecule has 0 aliphatic heterocycles. The molecule has 2 heterocycles. The molecule has 1 N–H and O–H groups in total. The predicted octanol–water partition coefficient (Wildman–Crippen LogP) is 3.29. The molecule has 1 aromatic carbocycles. The number of imidazole rings is 1. The fourth-order valence-corrected chi connectivity index (χ4v) is 2.16. The van der Waals surface area contributed by atoms with Gasteiger partial charge < -0.3 is 5.32 Å². The largest absolute Gasteiger partial charge is 0.354 e. The van der Waals surface area contributed by atoms with Crippen molar-refractivity contribution in [1.82, 2.24) is 19.5 Å². The second-order valence-corrected chi connectivity index (χ2v) is 4.80. The molecule has 0 fully saturated rings. The molecule has 0 spiro atoms. The zero-order valence-electron chi connectivity index (χ0n) is 11.0. The van der Waals surface area contributed by atoms with E-state index in [1.54, 1.807) is 12.5 Å². The van der Waals surface area contributed by atoms with E-state index in [1.807, 2.05) is 28.8 Å². The van der Waals surface area contributed by atoms with E-state index < -0.39 is 0 Å². The van der Waals surface area contributed by atoms with Crippen LogP contribution in [0.25, 0.3) is 16.9 Å². The van der Waals surface area contributed by atoms with E-state index >= 15 is 0 Å². The first kappa shape index (κ1) is 12.9. The van der Waals surface area contributed by atoms with Crippen molar-refractivity contribution < 1.29 is 0 Å². The number of para-hydroxylation sites is 2. The molecule has 0 atom stereocenters. The Balaban J connectivity index is 2.08. The number of rotatable bonds is 4. The van der Waals surface area contributed by atoms with Crippen LogP contribution in [0.5, 0.6) is 0 Å². The van der Waals surface area contributed by atoms with Crippen LogP contribution in [0.3, 0.4) is 0 Å². The summed E-state index contributed by atoms with van der Waals surface area (Å²) in [6.07, 6.45) is 4.34. The molecule has 0 aliphatic rings. The number of aromatic nitrogens is 4. The van der Waals surface area contributed by atoms with Gasteiger partial charge in [0.25, 0.3) is 0 Å². The number of halogens is 1. The Labute approximate surface area is 121 Å². The molecular weight excluding hydrogens is 274 g/mol. The Hall–Kier alpha value is -2.14. The quantitative estimate of drug-likeness (QED) is 0.800. The second-order valence-electron chi connectivity index (χ2n) is 4.40. The smallest absolute Gasteiger partial charge is 0.224 e. The summed E-state index contributed by atoms with van der Waals surface area (Å²) < 4.78 is 1.87. The van der Waals surface area contributed by atoms with Gasteiger partial charge in [0, 0.05) is 6.54 Å². The lowest BCUT2D eigenvalue weighted by molar-refractivity contribution is 0.934. The first-order valence-corrected chi connectivity index (χ1v) is 6.86. The van der Waals surface area contributed by atoms with Crippen LogP contribution in [-0.2, 0) is 0 Å². The molecule has 0 radical (unpaired) electrons. The monoisotopic (exact) mass is 287 g/mol. The minimum atomic E-state index is 0.496. The van der Waals surface area contributed by atoms with Crippen LogP contribution in [-0.4, -0.2) is 26.1 Å². The molecule has 6 heteroatoms. The van der Waals surface area contributed by atoms with Gasteiger partial charge >= 0.3 is 0 Å². The van der Waals surface area contributed by atoms with Crippen molar-refractivity contribution in [3.05, 3.63) is 41.8 Å². The topological polar surface area (TPSA) is 55.6 Å². The van der Waals surface area contributed by atoms with Crippen molar-refractivity contribution in [3.63, 3.8) is 0 Å². The van der Waals surface area contributed by atoms with Crippen LogP contribution in [0.1, 0.15) is 13.3 Å². The van der Waals surface area contributed by atoms with E-state index in [0.717, 1.165) is 24.0 Å². The number of hydrogen-bond acceptors (Lipinski definition) is 4. The van der Waals surface area contributed by atoms with E-state index in [0.29, 0.717) is 16.8 Å². The maximum absolute atomic E-state index is 6.22. The van der Waals surface area contributed by atoms with Gasteiger partial charge in [0.05, 0.1) is 17.2 Å². The van der Waals surface area contributed by atoms with Crippen molar-refractivity contribution in [2.24, 2.45) is 0 Å². The van der Waals surface area contributed by atoms with E-state index in [9.17, 15) is 0 Å². The summed E-state index contributed by atoms with van der Waals surface area (Å²) in [5.74, 6) is 1.21. The zero-order chi connectivity index (χ0) is 13.9. The van der Waals surface area contributed by atoms with E-state index in [-0.39, 0.29) is 0 Å². The first-order chi connectivity index (χ1) is 9.79. The van der Waals surface area contributed by atoms with Crippen molar-refractivity contribution in [1.29, 1.82) is 0 Å². The molecule has 3 aromatic rings. The highest BCUT2D eigenvalue weighted by Gasteiger charge is 2.10. The number of nitrogens with one attached hydrogen (secondary N) is 1. The van der Waals surface area contributed by atoms with Gasteiger partial charge in [-0.15, -0.1) is 0 Å². The highest BCUT2D eigenvalue weighted by molar-refractivity contribution is 6.32. The minimum absolute atomic E-state index is 0.496. The lowest BCUT2D eigenvalue weighted by atomic mass is 10.3. The van der Waals surface area contributed by atoms with Gasteiger partial charge in [0.2, 0.25) is 5.95 Å². The highest BCUT2D eigenvalue weighted by atomic mass is 35.5. The van der Waals surface area contributed by atoms with Crippen molar-refractivity contribution in [3.8, 4) is 5.82 Å². The third kappa shape index (κ3) is 2.32. The van der Waals surface area contributed by atoms with Crippen LogP contribution < -0.4 is 5.32 Å². The summed E-state index contributed by atoms with van der Waals surface area (Å²) >= 11 is 6.22. The van der Waals surface area contributed by atoms with Gasteiger partial charge in [-0.05, 0) is 18.6 Å². The molecule has 0 unspecified atom stereocenters. The van der Waals surface area contributed by atoms with Crippen LogP contribution in [0, 0.1) is 0 Å². The summed E-state index contributed by atoms with van der Waals surface area (Å²) in [7, 11) is 0. The maximum Gasteiger partial charge on any atom is 0.224 e. The third-order valence-electron chi connectivity index (χ3n) is 2.94. The summed E-state index contributed by atoms with van der Waals surface area (Å²) in [6, 6.07) is 7.86. The summed E-state index contributed by atoms with van der Waals surface area (Å²) in [5.41, 5.74) is 1.87. The number of fused-ring (bicyclic) bond motifs is 1. The molecule has 102 valence electrons. The first-order valence-electron chi connectivity index (χ1n) is 6.48. The molecule has 0 aliphatic carbocycles. The zero-order valence-corrected chi connectivity index (χ0v) is 11.8. The normalized spacial score (nSPS) is 10.9. The van der Waals surface area contributed by atoms with Gasteiger partial charge in [-0.2, -0.15) is 4.98 Å². The molecule has 0 amide bonds. The molecule has 3 rings (SSSR count). The van der Waals surface area contributed by atoms with E-state index in [2.05, 4.69) is 27.2 Å². The Morgan fingerprint density at radius 1 is 1.25 bits per heavy atom. The summed E-state index contributed by atoms with van der Waals surface area (Å²) in [6.45, 7) is 2.92. The minimum Gasteiger partial charge on any atom is -0.354 e. The Kier molecular flexibility index (Phi) is 3.52. The Morgan fingerprint density at radius 3 is 2.95 bits per heavy atom. The summed E-state index contributed by atoms with van der Waals surface area (Å²) in [5, 5.41) is 3.65. The van der Waals surface area contributed by atoms with Gasteiger partial charge in [0.15, 0.2) is 5.82 Å². The molecule has 5 nitrogen and oxygen atoms in total. The SMILES string of the molecule is CCCNc1ncc(Cl)c(-n2cnc3ccccc32)n1. The van der Waals surface area contributed by atoms with Crippen molar-refractivity contribution >= 4 is 28.6 Å². The average molecular weight is 288 g/mol. The maximum atomic E-state index is 6.22. The molecular formula is C14H14ClN5. The van der Waals surface area contributed by atoms with Crippen LogP contribution in [0.15, 0.2) is 36.8 Å². The molecule has 0 bridgehead atoms. The van der Waals surface area contributed by atoms with E-state index in [4.69, 9.17) is 11.6 Å². The van der Waals surface area contributed by atoms with E-state index in [1.165, 1.54) is 0 Å². The molecule has 20 heavy (non-hydrogen) atoms. The van der Waals surface area contributed by atoms with Gasteiger partial charge in [-0.3, -0.25) is 4.57 Å². The molecule has 2 aromatic heterocycles. The van der Waals surface area contributed by atoms with Gasteiger partial charge in [0.1, 0.15) is 11.3 Å². The summed E-state index contributed by atoms with van der Waals surface area (Å²) in [4.78, 5) is 13.0. The van der Waals surface area contributed by atoms with Crippen molar-refractivity contribution in [2.75, 3.05) is 11.9 Å². The average Bonchev–Trinajstić information content (AvgIpc) is 2.90. The lowest BCUT2D eigenvalue weighted by Crippen LogP contribution is -2.07. The highest BCUT2D eigenvalue weighted by Crippen LogP contribution is 2.23. The van der Waals surface area contributed by atoms with Crippen LogP contribution in [0.2, 0.25) is 5.02 Å².